The second-order valence-electron chi connectivity index (χ2n) is 13.3. The summed E-state index contributed by atoms with van der Waals surface area (Å²) in [5.74, 6) is 1.56. The second-order valence-corrected chi connectivity index (χ2v) is 13.7. The van der Waals surface area contributed by atoms with E-state index in [0.29, 0.717) is 47.8 Å². The first-order valence-electron chi connectivity index (χ1n) is 17.3. The highest BCUT2D eigenvalue weighted by Crippen LogP contribution is 2.36. The molecule has 0 radical (unpaired) electrons. The van der Waals surface area contributed by atoms with E-state index in [0.717, 1.165) is 62.0 Å². The Hall–Kier alpha value is -3.78. The molecule has 1 unspecified atom stereocenters. The first-order valence-corrected chi connectivity index (χ1v) is 17.6. The minimum atomic E-state index is -0.167. The third kappa shape index (κ3) is 9.27. The van der Waals surface area contributed by atoms with Gasteiger partial charge in [0.2, 0.25) is 5.95 Å². The molecule has 4 heterocycles. The Balaban J connectivity index is 1.13. The van der Waals surface area contributed by atoms with Crippen molar-refractivity contribution in [3.05, 3.63) is 54.5 Å². The molecule has 1 saturated heterocycles. The van der Waals surface area contributed by atoms with Crippen molar-refractivity contribution >= 4 is 23.2 Å². The van der Waals surface area contributed by atoms with Crippen LogP contribution < -0.4 is 14.8 Å². The van der Waals surface area contributed by atoms with Crippen LogP contribution in [0.5, 0.6) is 11.6 Å². The molecule has 0 bridgehead atoms. The highest BCUT2D eigenvalue weighted by atomic mass is 35.5. The van der Waals surface area contributed by atoms with E-state index in [9.17, 15) is 0 Å². The summed E-state index contributed by atoms with van der Waals surface area (Å²) in [4.78, 5) is 15.9. The highest BCUT2D eigenvalue weighted by Gasteiger charge is 2.32. The van der Waals surface area contributed by atoms with Gasteiger partial charge >= 0.3 is 0 Å². The quantitative estimate of drug-likeness (QED) is 0.162. The van der Waals surface area contributed by atoms with Gasteiger partial charge in [-0.1, -0.05) is 17.7 Å². The number of benzene rings is 1. The van der Waals surface area contributed by atoms with Crippen LogP contribution in [0.25, 0.3) is 11.1 Å². The number of hydrogen-bond acceptors (Lipinski definition) is 11. The fraction of sp³-hybridized carbons (Fsp3) is 0.571. The SMILES string of the molecule is COCCC(C)Oc1nn(C2CCC(N3C[C@@H](C)O[C@@H](C)C3)CC2)cc1Nc1ncc(-c2ccc(Cl)c(O[C@@H](C)Cn3cncn3)c2)cn1. The van der Waals surface area contributed by atoms with Crippen molar-refractivity contribution in [1.82, 2.24) is 39.4 Å². The summed E-state index contributed by atoms with van der Waals surface area (Å²) >= 11 is 6.48. The molecule has 264 valence electrons. The molecule has 1 aromatic carbocycles. The van der Waals surface area contributed by atoms with Gasteiger partial charge in [0.25, 0.3) is 5.88 Å². The Bertz CT molecular complexity index is 1600. The lowest BCUT2D eigenvalue weighted by molar-refractivity contribution is -0.0852. The molecule has 14 heteroatoms. The molecule has 4 aromatic rings. The van der Waals surface area contributed by atoms with Crippen LogP contribution in [0.3, 0.4) is 0 Å². The number of nitrogens with one attached hydrogen (secondary N) is 1. The van der Waals surface area contributed by atoms with Gasteiger partial charge in [0.05, 0.1) is 42.1 Å². The van der Waals surface area contributed by atoms with Gasteiger partial charge in [-0.2, -0.15) is 5.10 Å². The minimum absolute atomic E-state index is 0.0755. The van der Waals surface area contributed by atoms with Crippen molar-refractivity contribution in [3.8, 4) is 22.8 Å². The summed E-state index contributed by atoms with van der Waals surface area (Å²) in [5.41, 5.74) is 2.45. The predicted octanol–water partition coefficient (Wildman–Crippen LogP) is 6.19. The standard InChI is InChI=1S/C35H48ClN9O4/c1-23(12-13-46-5)49-34-32(20-45(42-34)30-9-7-29(8-10-30)43-17-24(2)47-25(3)18-43)41-35-38-15-28(16-39-35)27-6-11-31(36)33(14-27)48-26(4)19-44-22-37-21-40-44/h6,11,14-16,20-26,29-30H,7-10,12-13,17-19H2,1-5H3,(H,38,39,41)/t23?,24-,25+,26-,29?,30?/m0/s1. The van der Waals surface area contributed by atoms with E-state index in [4.69, 9.17) is 35.6 Å². The second kappa shape index (κ2) is 16.3. The number of anilines is 2. The van der Waals surface area contributed by atoms with E-state index in [1.807, 2.05) is 38.2 Å². The van der Waals surface area contributed by atoms with Crippen LogP contribution in [-0.4, -0.2) is 96.7 Å². The number of morpholine rings is 1. The monoisotopic (exact) mass is 693 g/mol. The van der Waals surface area contributed by atoms with Gasteiger partial charge in [0.1, 0.15) is 30.2 Å². The van der Waals surface area contributed by atoms with Crippen LogP contribution in [0.15, 0.2) is 49.4 Å². The smallest absolute Gasteiger partial charge is 0.257 e. The molecule has 0 amide bonds. The van der Waals surface area contributed by atoms with Crippen LogP contribution in [0.2, 0.25) is 5.02 Å². The largest absolute Gasteiger partial charge is 0.487 e. The summed E-state index contributed by atoms with van der Waals surface area (Å²) < 4.78 is 27.5. The lowest BCUT2D eigenvalue weighted by atomic mass is 9.89. The maximum Gasteiger partial charge on any atom is 0.257 e. The summed E-state index contributed by atoms with van der Waals surface area (Å²) in [7, 11) is 1.70. The van der Waals surface area contributed by atoms with Crippen molar-refractivity contribution < 1.29 is 18.9 Å². The molecule has 1 aliphatic carbocycles. The van der Waals surface area contributed by atoms with E-state index in [2.05, 4.69) is 48.8 Å². The van der Waals surface area contributed by atoms with E-state index in [1.165, 1.54) is 6.33 Å². The number of ether oxygens (including phenoxy) is 4. The molecular weight excluding hydrogens is 646 g/mol. The number of nitrogens with zero attached hydrogens (tertiary/aromatic N) is 8. The Labute approximate surface area is 293 Å². The van der Waals surface area contributed by atoms with Crippen molar-refractivity contribution in [2.24, 2.45) is 0 Å². The lowest BCUT2D eigenvalue weighted by Gasteiger charge is -2.42. The number of rotatable bonds is 14. The number of hydrogen-bond donors (Lipinski definition) is 1. The Morgan fingerprint density at radius 3 is 2.41 bits per heavy atom. The van der Waals surface area contributed by atoms with Crippen LogP contribution in [0, 0.1) is 0 Å². The van der Waals surface area contributed by atoms with E-state index in [-0.39, 0.29) is 24.4 Å². The molecular formula is C35H48ClN9O4. The zero-order valence-electron chi connectivity index (χ0n) is 29.0. The number of halogens is 1. The molecule has 2 fully saturated rings. The normalized spacial score (nSPS) is 22.8. The van der Waals surface area contributed by atoms with Gasteiger partial charge < -0.3 is 24.3 Å². The Morgan fingerprint density at radius 2 is 1.71 bits per heavy atom. The van der Waals surface area contributed by atoms with Gasteiger partial charge in [0.15, 0.2) is 0 Å². The van der Waals surface area contributed by atoms with Gasteiger partial charge in [-0.05, 0) is 71.1 Å². The lowest BCUT2D eigenvalue weighted by Crippen LogP contribution is -2.51. The predicted molar refractivity (Wildman–Crippen MR) is 188 cm³/mol. The molecule has 4 atom stereocenters. The number of aromatic nitrogens is 7. The van der Waals surface area contributed by atoms with Gasteiger partial charge in [-0.25, -0.2) is 19.6 Å². The first kappa shape index (κ1) is 35.1. The fourth-order valence-corrected chi connectivity index (χ4v) is 6.91. The molecule has 3 aromatic heterocycles. The van der Waals surface area contributed by atoms with Crippen molar-refractivity contribution in [2.45, 2.75) is 103 Å². The van der Waals surface area contributed by atoms with E-state index >= 15 is 0 Å². The average molecular weight is 694 g/mol. The molecule has 2 aliphatic rings. The van der Waals surface area contributed by atoms with Crippen LogP contribution in [0.4, 0.5) is 11.6 Å². The average Bonchev–Trinajstić information content (AvgIpc) is 3.74. The zero-order valence-corrected chi connectivity index (χ0v) is 29.8. The molecule has 1 N–H and O–H groups in total. The van der Waals surface area contributed by atoms with Gasteiger partial charge in [-0.15, -0.1) is 5.10 Å². The van der Waals surface area contributed by atoms with Crippen molar-refractivity contribution in [1.29, 1.82) is 0 Å². The maximum atomic E-state index is 6.48. The molecule has 1 saturated carbocycles. The van der Waals surface area contributed by atoms with Crippen LogP contribution in [0.1, 0.15) is 65.8 Å². The van der Waals surface area contributed by atoms with Gasteiger partial charge in [0, 0.05) is 57.2 Å². The topological polar surface area (TPSA) is 127 Å². The van der Waals surface area contributed by atoms with Crippen LogP contribution in [-0.2, 0) is 16.0 Å². The van der Waals surface area contributed by atoms with E-state index in [1.54, 1.807) is 30.5 Å². The zero-order chi connectivity index (χ0) is 34.3. The highest BCUT2D eigenvalue weighted by molar-refractivity contribution is 6.32. The number of methoxy groups -OCH3 is 1. The third-order valence-corrected chi connectivity index (χ3v) is 9.46. The van der Waals surface area contributed by atoms with Gasteiger partial charge in [-0.3, -0.25) is 9.58 Å². The molecule has 49 heavy (non-hydrogen) atoms. The molecule has 13 nitrogen and oxygen atoms in total. The van der Waals surface area contributed by atoms with Crippen molar-refractivity contribution in [2.75, 3.05) is 32.1 Å². The summed E-state index contributed by atoms with van der Waals surface area (Å²) in [6, 6.07) is 6.52. The minimum Gasteiger partial charge on any atom is -0.487 e. The molecule has 1 aliphatic heterocycles. The van der Waals surface area contributed by atoms with E-state index < -0.39 is 0 Å². The summed E-state index contributed by atoms with van der Waals surface area (Å²) in [6.45, 7) is 11.5. The first-order chi connectivity index (χ1) is 23.7. The van der Waals surface area contributed by atoms with Crippen LogP contribution >= 0.6 is 11.6 Å². The molecule has 6 rings (SSSR count). The van der Waals surface area contributed by atoms with Crippen molar-refractivity contribution in [3.63, 3.8) is 0 Å². The Morgan fingerprint density at radius 1 is 0.980 bits per heavy atom. The summed E-state index contributed by atoms with van der Waals surface area (Å²) in [5, 5.41) is 13.0. The maximum absolute atomic E-state index is 6.48. The Kier molecular flexibility index (Phi) is 11.7. The third-order valence-electron chi connectivity index (χ3n) is 9.15. The molecule has 0 spiro atoms. The fourth-order valence-electron chi connectivity index (χ4n) is 6.75. The summed E-state index contributed by atoms with van der Waals surface area (Å²) in [6.07, 6.45) is 14.2.